The predicted molar refractivity (Wildman–Crippen MR) is 112 cm³/mol. The molecule has 29 heavy (non-hydrogen) atoms. The lowest BCUT2D eigenvalue weighted by molar-refractivity contribution is 0.317. The van der Waals surface area contributed by atoms with Gasteiger partial charge in [-0.15, -0.1) is 0 Å². The summed E-state index contributed by atoms with van der Waals surface area (Å²) in [4.78, 5) is 0.0849. The van der Waals surface area contributed by atoms with Gasteiger partial charge >= 0.3 is 10.1 Å². The summed E-state index contributed by atoms with van der Waals surface area (Å²) in [5.74, 6) is 0.673. The Bertz CT molecular complexity index is 1030. The van der Waals surface area contributed by atoms with E-state index in [4.69, 9.17) is 32.3 Å². The zero-order chi connectivity index (χ0) is 20.9. The molecule has 2 aromatic carbocycles. The Hall–Kier alpha value is -2.55. The number of ether oxygens (including phenoxy) is 1. The van der Waals surface area contributed by atoms with Gasteiger partial charge in [0.05, 0.1) is 5.70 Å². The lowest BCUT2D eigenvalue weighted by Crippen LogP contribution is -2.30. The van der Waals surface area contributed by atoms with Crippen molar-refractivity contribution in [2.75, 3.05) is 13.2 Å². The van der Waals surface area contributed by atoms with Gasteiger partial charge in [0.2, 0.25) is 0 Å². The second-order valence-corrected chi connectivity index (χ2v) is 8.30. The molecule has 0 amide bonds. The lowest BCUT2D eigenvalue weighted by atomic mass is 10.2. The van der Waals surface area contributed by atoms with E-state index >= 15 is 0 Å². The van der Waals surface area contributed by atoms with Crippen LogP contribution in [0.3, 0.4) is 0 Å². The van der Waals surface area contributed by atoms with Crippen LogP contribution in [-0.2, 0) is 10.1 Å². The number of benzene rings is 2. The molecular formula is C19H19Cl2N3O4S. The Labute approximate surface area is 179 Å². The first-order valence-electron chi connectivity index (χ1n) is 8.61. The Morgan fingerprint density at radius 3 is 2.62 bits per heavy atom. The van der Waals surface area contributed by atoms with Crippen LogP contribution in [0.25, 0.3) is 0 Å². The number of nitrogens with zero attached hydrogens (tertiary/aromatic N) is 1. The molecule has 0 fully saturated rings. The van der Waals surface area contributed by atoms with Crippen LogP contribution in [0.15, 0.2) is 76.6 Å². The van der Waals surface area contributed by atoms with E-state index in [-0.39, 0.29) is 10.6 Å². The molecule has 1 aliphatic heterocycles. The highest BCUT2D eigenvalue weighted by atomic mass is 35.5. The average Bonchev–Trinajstić information content (AvgIpc) is 2.68. The van der Waals surface area contributed by atoms with Gasteiger partial charge in [0.1, 0.15) is 23.0 Å². The molecular weight excluding hydrogens is 437 g/mol. The van der Waals surface area contributed by atoms with E-state index in [0.717, 1.165) is 10.1 Å². The van der Waals surface area contributed by atoms with E-state index in [1.807, 2.05) is 6.92 Å². The maximum absolute atomic E-state index is 12.4. The van der Waals surface area contributed by atoms with Crippen molar-refractivity contribution in [2.24, 2.45) is 0 Å². The van der Waals surface area contributed by atoms with Crippen LogP contribution in [0.4, 0.5) is 0 Å². The van der Waals surface area contributed by atoms with Crippen LogP contribution in [0, 0.1) is 6.92 Å². The van der Waals surface area contributed by atoms with E-state index in [9.17, 15) is 8.42 Å². The molecule has 2 N–H and O–H groups in total. The minimum absolute atomic E-state index is 0.0849. The number of hydrazine groups is 1. The summed E-state index contributed by atoms with van der Waals surface area (Å²) in [5, 5.41) is 3.42. The van der Waals surface area contributed by atoms with Gasteiger partial charge in [-0.2, -0.15) is 12.9 Å². The molecule has 0 saturated heterocycles. The number of hydrogen-bond donors (Lipinski definition) is 2. The van der Waals surface area contributed by atoms with Crippen LogP contribution in [0.2, 0.25) is 0 Å². The number of halogens is 2. The summed E-state index contributed by atoms with van der Waals surface area (Å²) in [6.45, 7) is 2.59. The smallest absolute Gasteiger partial charge is 0.339 e. The van der Waals surface area contributed by atoms with Crippen molar-refractivity contribution in [3.05, 3.63) is 77.2 Å². The predicted octanol–water partition coefficient (Wildman–Crippen LogP) is 3.63. The molecule has 10 heteroatoms. The van der Waals surface area contributed by atoms with E-state index in [0.29, 0.717) is 29.8 Å². The second kappa shape index (κ2) is 9.30. The molecule has 3 rings (SSSR count). The van der Waals surface area contributed by atoms with Gasteiger partial charge in [-0.1, -0.05) is 29.8 Å². The number of allylic oxidation sites excluding steroid dienone is 1. The molecule has 2 aromatic rings. The Morgan fingerprint density at radius 1 is 1.14 bits per heavy atom. The van der Waals surface area contributed by atoms with Gasteiger partial charge < -0.3 is 14.2 Å². The number of rotatable bonds is 8. The van der Waals surface area contributed by atoms with Crippen molar-refractivity contribution in [2.45, 2.75) is 11.8 Å². The van der Waals surface area contributed by atoms with Crippen molar-refractivity contribution in [1.82, 2.24) is 15.3 Å². The van der Waals surface area contributed by atoms with Crippen LogP contribution < -0.4 is 19.7 Å². The monoisotopic (exact) mass is 455 g/mol. The highest BCUT2D eigenvalue weighted by molar-refractivity contribution is 7.87. The maximum atomic E-state index is 12.4. The Morgan fingerprint density at radius 2 is 1.86 bits per heavy atom. The Kier molecular flexibility index (Phi) is 6.79. The van der Waals surface area contributed by atoms with Gasteiger partial charge in [0.25, 0.3) is 0 Å². The molecule has 0 saturated carbocycles. The fourth-order valence-electron chi connectivity index (χ4n) is 2.51. The van der Waals surface area contributed by atoms with Crippen LogP contribution in [0.1, 0.15) is 5.56 Å². The zero-order valence-corrected chi connectivity index (χ0v) is 17.8. The quantitative estimate of drug-likeness (QED) is 0.272. The lowest BCUT2D eigenvalue weighted by Gasteiger charge is -2.21. The maximum Gasteiger partial charge on any atom is 0.339 e. The largest absolute Gasteiger partial charge is 0.492 e. The molecule has 0 aromatic heterocycles. The third kappa shape index (κ3) is 5.72. The third-order valence-electron chi connectivity index (χ3n) is 3.78. The number of hydrogen-bond acceptors (Lipinski definition) is 7. The molecule has 0 atom stereocenters. The average molecular weight is 456 g/mol. The standard InChI is InChI=1S/C19H19Cl2N3O4S/c1-14-11-15(27-10-9-22-18-7-8-23-24(21)19(18)20)13-16(12-14)28-29(25,26)17-5-3-2-4-6-17/h2-8,11-13,22-23H,9-10H2,1H3. The summed E-state index contributed by atoms with van der Waals surface area (Å²) in [7, 11) is -3.92. The van der Waals surface area contributed by atoms with Crippen LogP contribution in [-0.4, -0.2) is 26.1 Å². The molecule has 0 bridgehead atoms. The molecule has 7 nitrogen and oxygen atoms in total. The van der Waals surface area contributed by atoms with Gasteiger partial charge in [0, 0.05) is 30.6 Å². The summed E-state index contributed by atoms with van der Waals surface area (Å²) < 4.78 is 36.9. The first-order valence-corrected chi connectivity index (χ1v) is 10.7. The van der Waals surface area contributed by atoms with Crippen molar-refractivity contribution < 1.29 is 17.3 Å². The molecule has 0 aliphatic carbocycles. The third-order valence-corrected chi connectivity index (χ3v) is 5.77. The SMILES string of the molecule is Cc1cc(OCCNC2=C(Cl)N(Cl)NC=C2)cc(OS(=O)(=O)c2ccccc2)c1. The van der Waals surface area contributed by atoms with Crippen molar-refractivity contribution in [3.63, 3.8) is 0 Å². The zero-order valence-electron chi connectivity index (χ0n) is 15.4. The van der Waals surface area contributed by atoms with Gasteiger partial charge in [-0.3, -0.25) is 5.43 Å². The molecule has 0 unspecified atom stereocenters. The molecule has 0 radical (unpaired) electrons. The highest BCUT2D eigenvalue weighted by Crippen LogP contribution is 2.25. The van der Waals surface area contributed by atoms with E-state index in [2.05, 4.69) is 10.7 Å². The first kappa shape index (κ1) is 21.2. The van der Waals surface area contributed by atoms with E-state index in [1.54, 1.807) is 42.6 Å². The first-order chi connectivity index (χ1) is 13.8. The van der Waals surface area contributed by atoms with E-state index < -0.39 is 10.1 Å². The molecule has 154 valence electrons. The number of aryl methyl sites for hydroxylation is 1. The van der Waals surface area contributed by atoms with Crippen LogP contribution >= 0.6 is 23.4 Å². The van der Waals surface area contributed by atoms with Gasteiger partial charge in [-0.25, -0.2) is 0 Å². The van der Waals surface area contributed by atoms with Crippen molar-refractivity contribution in [3.8, 4) is 11.5 Å². The highest BCUT2D eigenvalue weighted by Gasteiger charge is 2.17. The molecule has 1 aliphatic rings. The van der Waals surface area contributed by atoms with Crippen LogP contribution in [0.5, 0.6) is 11.5 Å². The molecule has 1 heterocycles. The normalized spacial score (nSPS) is 13.8. The van der Waals surface area contributed by atoms with Gasteiger partial charge in [-0.05, 0) is 42.8 Å². The topological polar surface area (TPSA) is 79.9 Å². The summed E-state index contributed by atoms with van der Waals surface area (Å²) >= 11 is 11.9. The van der Waals surface area contributed by atoms with Gasteiger partial charge in [0.15, 0.2) is 5.16 Å². The minimum atomic E-state index is -3.92. The Balaban J connectivity index is 1.61. The molecule has 0 spiro atoms. The summed E-state index contributed by atoms with van der Waals surface area (Å²) in [6.07, 6.45) is 3.38. The fraction of sp³-hybridized carbons (Fsp3) is 0.158. The van der Waals surface area contributed by atoms with E-state index in [1.165, 1.54) is 18.2 Å². The van der Waals surface area contributed by atoms with Crippen molar-refractivity contribution in [1.29, 1.82) is 0 Å². The van der Waals surface area contributed by atoms with Crippen molar-refractivity contribution >= 4 is 33.5 Å². The fourth-order valence-corrected chi connectivity index (χ4v) is 3.77. The number of nitrogens with one attached hydrogen (secondary N) is 2. The second-order valence-electron chi connectivity index (χ2n) is 6.06. The summed E-state index contributed by atoms with van der Waals surface area (Å²) in [5.41, 5.74) is 4.16. The summed E-state index contributed by atoms with van der Waals surface area (Å²) in [6, 6.07) is 12.9. The minimum Gasteiger partial charge on any atom is -0.492 e.